The number of carboxylic acids is 1. The summed E-state index contributed by atoms with van der Waals surface area (Å²) in [5.74, 6) is -1.42. The Kier molecular flexibility index (Phi) is 3.66. The van der Waals surface area contributed by atoms with Gasteiger partial charge in [-0.15, -0.1) is 0 Å². The third-order valence-corrected chi connectivity index (χ3v) is 3.81. The lowest BCUT2D eigenvalue weighted by atomic mass is 9.97. The minimum absolute atomic E-state index is 0.281. The highest BCUT2D eigenvalue weighted by molar-refractivity contribution is 6.33. The molecule has 6 heteroatoms. The number of halogens is 1. The molecule has 0 heterocycles. The first-order chi connectivity index (χ1) is 8.94. The van der Waals surface area contributed by atoms with Gasteiger partial charge in [0.05, 0.1) is 10.7 Å². The Morgan fingerprint density at radius 3 is 2.47 bits per heavy atom. The van der Waals surface area contributed by atoms with Crippen molar-refractivity contribution in [2.24, 2.45) is 0 Å². The van der Waals surface area contributed by atoms with E-state index in [4.69, 9.17) is 17.3 Å². The molecule has 0 aromatic heterocycles. The standard InChI is InChI=1S/C13H15ClN2O3/c14-9-7-8(3-4-10(9)15)11(17)16-13(12(18)19)5-1-2-6-13/h3-4,7H,1-2,5-6,15H2,(H,16,17)(H,18,19). The molecule has 19 heavy (non-hydrogen) atoms. The van der Waals surface area contributed by atoms with Gasteiger partial charge in [0.2, 0.25) is 0 Å². The van der Waals surface area contributed by atoms with Gasteiger partial charge in [-0.1, -0.05) is 24.4 Å². The van der Waals surface area contributed by atoms with Gasteiger partial charge in [0.1, 0.15) is 5.54 Å². The number of carbonyl (C=O) groups is 2. The Labute approximate surface area is 115 Å². The number of carbonyl (C=O) groups excluding carboxylic acids is 1. The Bertz CT molecular complexity index is 525. The van der Waals surface area contributed by atoms with E-state index < -0.39 is 17.4 Å². The maximum absolute atomic E-state index is 12.1. The SMILES string of the molecule is Nc1ccc(C(=O)NC2(C(=O)O)CCCC2)cc1Cl. The van der Waals surface area contributed by atoms with Crippen molar-refractivity contribution in [3.8, 4) is 0 Å². The van der Waals surface area contributed by atoms with Crippen LogP contribution in [0, 0.1) is 0 Å². The third-order valence-electron chi connectivity index (χ3n) is 3.48. The van der Waals surface area contributed by atoms with Crippen molar-refractivity contribution in [3.63, 3.8) is 0 Å². The number of anilines is 1. The van der Waals surface area contributed by atoms with Crippen LogP contribution in [-0.4, -0.2) is 22.5 Å². The average molecular weight is 283 g/mol. The van der Waals surface area contributed by atoms with Gasteiger partial charge >= 0.3 is 5.97 Å². The molecule has 0 unspecified atom stereocenters. The fraction of sp³-hybridized carbons (Fsp3) is 0.385. The highest BCUT2D eigenvalue weighted by atomic mass is 35.5. The second kappa shape index (κ2) is 5.09. The molecule has 1 fully saturated rings. The molecule has 0 aliphatic heterocycles. The number of amides is 1. The van der Waals surface area contributed by atoms with Gasteiger partial charge < -0.3 is 16.2 Å². The normalized spacial score (nSPS) is 17.1. The zero-order valence-electron chi connectivity index (χ0n) is 10.3. The molecule has 0 bridgehead atoms. The molecule has 1 aromatic carbocycles. The van der Waals surface area contributed by atoms with E-state index in [1.807, 2.05) is 0 Å². The van der Waals surface area contributed by atoms with Gasteiger partial charge in [-0.3, -0.25) is 4.79 Å². The summed E-state index contributed by atoms with van der Waals surface area (Å²) in [6, 6.07) is 4.50. The third kappa shape index (κ3) is 2.66. The van der Waals surface area contributed by atoms with Crippen molar-refractivity contribution in [2.75, 3.05) is 5.73 Å². The van der Waals surface area contributed by atoms with E-state index in [1.165, 1.54) is 18.2 Å². The van der Waals surface area contributed by atoms with Gasteiger partial charge in [0.25, 0.3) is 5.91 Å². The van der Waals surface area contributed by atoms with Crippen molar-refractivity contribution in [1.29, 1.82) is 0 Å². The van der Waals surface area contributed by atoms with Crippen molar-refractivity contribution < 1.29 is 14.7 Å². The van der Waals surface area contributed by atoms with Crippen LogP contribution in [0.1, 0.15) is 36.0 Å². The van der Waals surface area contributed by atoms with Crippen molar-refractivity contribution >= 4 is 29.2 Å². The maximum Gasteiger partial charge on any atom is 0.329 e. The lowest BCUT2D eigenvalue weighted by Crippen LogP contribution is -2.52. The quantitative estimate of drug-likeness (QED) is 0.740. The Morgan fingerprint density at radius 1 is 1.32 bits per heavy atom. The second-order valence-electron chi connectivity index (χ2n) is 4.78. The summed E-state index contributed by atoms with van der Waals surface area (Å²) in [7, 11) is 0. The van der Waals surface area contributed by atoms with Crippen LogP contribution in [0.4, 0.5) is 5.69 Å². The van der Waals surface area contributed by atoms with E-state index in [-0.39, 0.29) is 5.02 Å². The first kappa shape index (κ1) is 13.7. The van der Waals surface area contributed by atoms with Crippen LogP contribution in [0.25, 0.3) is 0 Å². The van der Waals surface area contributed by atoms with E-state index in [0.717, 1.165) is 12.8 Å². The smallest absolute Gasteiger partial charge is 0.329 e. The van der Waals surface area contributed by atoms with Crippen molar-refractivity contribution in [2.45, 2.75) is 31.2 Å². The van der Waals surface area contributed by atoms with E-state index in [1.54, 1.807) is 0 Å². The summed E-state index contributed by atoms with van der Waals surface area (Å²) in [4.78, 5) is 23.5. The molecule has 4 N–H and O–H groups in total. The summed E-state index contributed by atoms with van der Waals surface area (Å²) in [5.41, 5.74) is 5.11. The number of nitrogen functional groups attached to an aromatic ring is 1. The molecule has 102 valence electrons. The van der Waals surface area contributed by atoms with Crippen molar-refractivity contribution in [3.05, 3.63) is 28.8 Å². The van der Waals surface area contributed by atoms with Crippen LogP contribution < -0.4 is 11.1 Å². The minimum atomic E-state index is -1.15. The van der Waals surface area contributed by atoms with Crippen LogP contribution in [0.2, 0.25) is 5.02 Å². The fourth-order valence-electron chi connectivity index (χ4n) is 2.33. The van der Waals surface area contributed by atoms with Crippen LogP contribution in [0.15, 0.2) is 18.2 Å². The number of hydrogen-bond donors (Lipinski definition) is 3. The molecule has 2 rings (SSSR count). The zero-order chi connectivity index (χ0) is 14.0. The number of aliphatic carboxylic acids is 1. The molecular weight excluding hydrogens is 268 g/mol. The molecule has 1 aliphatic rings. The van der Waals surface area contributed by atoms with Gasteiger partial charge in [-0.2, -0.15) is 0 Å². The number of carboxylic acid groups (broad SMARTS) is 1. The zero-order valence-corrected chi connectivity index (χ0v) is 11.0. The lowest BCUT2D eigenvalue weighted by Gasteiger charge is -2.25. The highest BCUT2D eigenvalue weighted by Gasteiger charge is 2.42. The largest absolute Gasteiger partial charge is 0.480 e. The van der Waals surface area contributed by atoms with E-state index >= 15 is 0 Å². The topological polar surface area (TPSA) is 92.4 Å². The Balaban J connectivity index is 2.20. The second-order valence-corrected chi connectivity index (χ2v) is 5.19. The average Bonchev–Trinajstić information content (AvgIpc) is 2.82. The molecule has 1 amide bonds. The summed E-state index contributed by atoms with van der Waals surface area (Å²) in [6.07, 6.45) is 2.51. The molecule has 0 saturated heterocycles. The molecular formula is C13H15ClN2O3. The summed E-state index contributed by atoms with van der Waals surface area (Å²) in [6.45, 7) is 0. The summed E-state index contributed by atoms with van der Waals surface area (Å²) in [5, 5.41) is 12.2. The van der Waals surface area contributed by atoms with Gasteiger partial charge in [0.15, 0.2) is 0 Å². The first-order valence-corrected chi connectivity index (χ1v) is 6.43. The van der Waals surface area contributed by atoms with E-state index in [0.29, 0.717) is 24.1 Å². The highest BCUT2D eigenvalue weighted by Crippen LogP contribution is 2.30. The predicted octanol–water partition coefficient (Wildman–Crippen LogP) is 2.05. The summed E-state index contributed by atoms with van der Waals surface area (Å²) >= 11 is 5.85. The van der Waals surface area contributed by atoms with Crippen LogP contribution in [0.3, 0.4) is 0 Å². The van der Waals surface area contributed by atoms with Gasteiger partial charge in [-0.05, 0) is 31.0 Å². The number of nitrogens with two attached hydrogens (primary N) is 1. The number of hydrogen-bond acceptors (Lipinski definition) is 3. The number of nitrogens with one attached hydrogen (secondary N) is 1. The van der Waals surface area contributed by atoms with Crippen molar-refractivity contribution in [1.82, 2.24) is 5.32 Å². The minimum Gasteiger partial charge on any atom is -0.480 e. The van der Waals surface area contributed by atoms with E-state index in [2.05, 4.69) is 5.32 Å². The molecule has 5 nitrogen and oxygen atoms in total. The number of benzene rings is 1. The Morgan fingerprint density at radius 2 is 1.95 bits per heavy atom. The first-order valence-electron chi connectivity index (χ1n) is 6.05. The molecule has 0 spiro atoms. The van der Waals surface area contributed by atoms with Gasteiger partial charge in [0, 0.05) is 5.56 Å². The fourth-order valence-corrected chi connectivity index (χ4v) is 2.51. The van der Waals surface area contributed by atoms with Gasteiger partial charge in [-0.25, -0.2) is 4.79 Å². The maximum atomic E-state index is 12.1. The molecule has 1 saturated carbocycles. The Hall–Kier alpha value is -1.75. The molecule has 1 aliphatic carbocycles. The molecule has 0 radical (unpaired) electrons. The monoisotopic (exact) mass is 282 g/mol. The molecule has 1 aromatic rings. The van der Waals surface area contributed by atoms with E-state index in [9.17, 15) is 14.7 Å². The molecule has 0 atom stereocenters. The number of rotatable bonds is 3. The van der Waals surface area contributed by atoms with Crippen LogP contribution in [0.5, 0.6) is 0 Å². The lowest BCUT2D eigenvalue weighted by molar-refractivity contribution is -0.144. The van der Waals surface area contributed by atoms with Crippen LogP contribution in [-0.2, 0) is 4.79 Å². The van der Waals surface area contributed by atoms with Crippen LogP contribution >= 0.6 is 11.6 Å². The predicted molar refractivity (Wildman–Crippen MR) is 72.2 cm³/mol. The summed E-state index contributed by atoms with van der Waals surface area (Å²) < 4.78 is 0.